The molecule has 0 spiro atoms. The fraction of sp³-hybridized carbons (Fsp3) is 0.556. The van der Waals surface area contributed by atoms with Crippen LogP contribution >= 0.6 is 11.6 Å². The summed E-state index contributed by atoms with van der Waals surface area (Å²) in [6.07, 6.45) is -4.50. The van der Waals surface area contributed by atoms with Crippen LogP contribution in [0.15, 0.2) is 18.2 Å². The van der Waals surface area contributed by atoms with Crippen LogP contribution in [0.3, 0.4) is 0 Å². The molecule has 150 valence electrons. The standard InChI is InChI=1S/C18H22ClF3N2O3/c1-23(10-7-18(20,21)22)16(25)12-5-8-24(9-6-12)17(26)14-11-13(19)3-4-15(14)27-2/h3-4,11-12H,5-10H2,1-2H3. The molecule has 1 saturated heterocycles. The number of nitrogens with zero attached hydrogens (tertiary/aromatic N) is 2. The van der Waals surface area contributed by atoms with E-state index in [1.807, 2.05) is 0 Å². The van der Waals surface area contributed by atoms with Crippen molar-refractivity contribution in [3.8, 4) is 5.75 Å². The minimum atomic E-state index is -4.29. The lowest BCUT2D eigenvalue weighted by atomic mass is 9.94. The fourth-order valence-corrected chi connectivity index (χ4v) is 3.24. The van der Waals surface area contributed by atoms with Gasteiger partial charge in [-0.1, -0.05) is 11.6 Å². The van der Waals surface area contributed by atoms with Crippen LogP contribution in [0.4, 0.5) is 13.2 Å². The molecule has 0 aliphatic carbocycles. The Labute approximate surface area is 161 Å². The van der Waals surface area contributed by atoms with E-state index in [2.05, 4.69) is 0 Å². The van der Waals surface area contributed by atoms with E-state index in [0.717, 1.165) is 4.90 Å². The second-order valence-corrected chi connectivity index (χ2v) is 6.97. The van der Waals surface area contributed by atoms with Gasteiger partial charge in [0.1, 0.15) is 5.75 Å². The predicted molar refractivity (Wildman–Crippen MR) is 94.9 cm³/mol. The van der Waals surface area contributed by atoms with E-state index in [1.54, 1.807) is 17.0 Å². The maximum Gasteiger partial charge on any atom is 0.390 e. The molecule has 0 bridgehead atoms. The van der Waals surface area contributed by atoms with Gasteiger partial charge in [0.05, 0.1) is 19.1 Å². The summed E-state index contributed by atoms with van der Waals surface area (Å²) >= 11 is 5.96. The lowest BCUT2D eigenvalue weighted by Crippen LogP contribution is -2.44. The normalized spacial score (nSPS) is 15.6. The van der Waals surface area contributed by atoms with Gasteiger partial charge < -0.3 is 14.5 Å². The van der Waals surface area contributed by atoms with E-state index in [-0.39, 0.29) is 24.3 Å². The van der Waals surface area contributed by atoms with Crippen molar-refractivity contribution in [2.45, 2.75) is 25.4 Å². The van der Waals surface area contributed by atoms with Crippen LogP contribution in [-0.4, -0.2) is 61.6 Å². The Kier molecular flexibility index (Phi) is 6.97. The minimum Gasteiger partial charge on any atom is -0.496 e. The van der Waals surface area contributed by atoms with Gasteiger partial charge in [0, 0.05) is 37.6 Å². The van der Waals surface area contributed by atoms with E-state index in [0.29, 0.717) is 42.3 Å². The van der Waals surface area contributed by atoms with Gasteiger partial charge in [-0.2, -0.15) is 13.2 Å². The zero-order valence-electron chi connectivity index (χ0n) is 15.2. The molecule has 0 N–H and O–H groups in total. The largest absolute Gasteiger partial charge is 0.496 e. The molecule has 1 aromatic rings. The summed E-state index contributed by atoms with van der Waals surface area (Å²) in [6.45, 7) is 0.331. The van der Waals surface area contributed by atoms with E-state index in [4.69, 9.17) is 16.3 Å². The van der Waals surface area contributed by atoms with Crippen molar-refractivity contribution in [1.29, 1.82) is 0 Å². The highest BCUT2D eigenvalue weighted by molar-refractivity contribution is 6.31. The van der Waals surface area contributed by atoms with Gasteiger partial charge in [-0.25, -0.2) is 0 Å². The van der Waals surface area contributed by atoms with Crippen LogP contribution in [-0.2, 0) is 4.79 Å². The number of amides is 2. The molecule has 0 saturated carbocycles. The number of rotatable bonds is 5. The van der Waals surface area contributed by atoms with E-state index >= 15 is 0 Å². The van der Waals surface area contributed by atoms with Crippen molar-refractivity contribution in [3.05, 3.63) is 28.8 Å². The summed E-state index contributed by atoms with van der Waals surface area (Å²) in [5, 5.41) is 0.413. The first-order valence-corrected chi connectivity index (χ1v) is 8.94. The second kappa shape index (κ2) is 8.82. The molecule has 27 heavy (non-hydrogen) atoms. The van der Waals surface area contributed by atoms with Gasteiger partial charge in [-0.15, -0.1) is 0 Å². The first-order valence-electron chi connectivity index (χ1n) is 8.57. The fourth-order valence-electron chi connectivity index (χ4n) is 3.06. The highest BCUT2D eigenvalue weighted by atomic mass is 35.5. The number of hydrogen-bond donors (Lipinski definition) is 0. The number of ether oxygens (including phenoxy) is 1. The molecule has 0 unspecified atom stereocenters. The van der Waals surface area contributed by atoms with Crippen LogP contribution in [0.5, 0.6) is 5.75 Å². The van der Waals surface area contributed by atoms with Crippen LogP contribution in [0, 0.1) is 5.92 Å². The van der Waals surface area contributed by atoms with Crippen LogP contribution in [0.2, 0.25) is 5.02 Å². The molecule has 1 heterocycles. The smallest absolute Gasteiger partial charge is 0.390 e. The van der Waals surface area contributed by atoms with E-state index < -0.39 is 12.6 Å². The molecular formula is C18H22ClF3N2O3. The molecule has 2 rings (SSSR count). The minimum absolute atomic E-state index is 0.245. The highest BCUT2D eigenvalue weighted by Gasteiger charge is 2.32. The van der Waals surface area contributed by atoms with Crippen molar-refractivity contribution < 1.29 is 27.5 Å². The SMILES string of the molecule is COc1ccc(Cl)cc1C(=O)N1CCC(C(=O)N(C)CCC(F)(F)F)CC1. The molecular weight excluding hydrogens is 385 g/mol. The number of hydrogen-bond acceptors (Lipinski definition) is 3. The molecule has 9 heteroatoms. The van der Waals surface area contributed by atoms with Crippen LogP contribution < -0.4 is 4.74 Å². The number of piperidine rings is 1. The molecule has 1 aromatic carbocycles. The van der Waals surface area contributed by atoms with Gasteiger partial charge in [-0.3, -0.25) is 9.59 Å². The average molecular weight is 407 g/mol. The number of carbonyl (C=O) groups excluding carboxylic acids is 2. The van der Waals surface area contributed by atoms with Gasteiger partial charge >= 0.3 is 6.18 Å². The lowest BCUT2D eigenvalue weighted by Gasteiger charge is -2.33. The average Bonchev–Trinajstić information content (AvgIpc) is 2.64. The Morgan fingerprint density at radius 2 is 1.93 bits per heavy atom. The van der Waals surface area contributed by atoms with Crippen molar-refractivity contribution in [2.24, 2.45) is 5.92 Å². The van der Waals surface area contributed by atoms with Crippen LogP contribution in [0.1, 0.15) is 29.6 Å². The van der Waals surface area contributed by atoms with E-state index in [9.17, 15) is 22.8 Å². The Bertz CT molecular complexity index is 689. The number of benzene rings is 1. The molecule has 2 amide bonds. The quantitative estimate of drug-likeness (QED) is 0.750. The third kappa shape index (κ3) is 5.76. The van der Waals surface area contributed by atoms with Gasteiger partial charge in [0.25, 0.3) is 5.91 Å². The Balaban J connectivity index is 1.94. The Morgan fingerprint density at radius 1 is 1.30 bits per heavy atom. The number of halogens is 4. The Morgan fingerprint density at radius 3 is 2.48 bits per heavy atom. The van der Waals surface area contributed by atoms with Gasteiger partial charge in [0.15, 0.2) is 0 Å². The predicted octanol–water partition coefficient (Wildman–Crippen LogP) is 3.61. The van der Waals surface area contributed by atoms with E-state index in [1.165, 1.54) is 20.2 Å². The maximum atomic E-state index is 12.7. The highest BCUT2D eigenvalue weighted by Crippen LogP contribution is 2.27. The monoisotopic (exact) mass is 406 g/mol. The second-order valence-electron chi connectivity index (χ2n) is 6.54. The van der Waals surface area contributed by atoms with Crippen molar-refractivity contribution in [1.82, 2.24) is 9.80 Å². The molecule has 1 aliphatic rings. The summed E-state index contributed by atoms with van der Waals surface area (Å²) in [7, 11) is 2.84. The van der Waals surface area contributed by atoms with Crippen molar-refractivity contribution in [2.75, 3.05) is 33.8 Å². The molecule has 0 radical (unpaired) electrons. The van der Waals surface area contributed by atoms with Gasteiger partial charge in [0.2, 0.25) is 5.91 Å². The zero-order chi connectivity index (χ0) is 20.2. The third-order valence-corrected chi connectivity index (χ3v) is 4.87. The molecule has 1 aliphatic heterocycles. The molecule has 5 nitrogen and oxygen atoms in total. The van der Waals surface area contributed by atoms with Crippen molar-refractivity contribution >= 4 is 23.4 Å². The topological polar surface area (TPSA) is 49.9 Å². The summed E-state index contributed by atoms with van der Waals surface area (Å²) in [5.41, 5.74) is 0.345. The lowest BCUT2D eigenvalue weighted by molar-refractivity contribution is -0.146. The number of likely N-dealkylation sites (tertiary alicyclic amines) is 1. The summed E-state index contributed by atoms with van der Waals surface area (Å²) in [5.74, 6) is -0.527. The first kappa shape index (κ1) is 21.3. The molecule has 0 atom stereocenters. The third-order valence-electron chi connectivity index (χ3n) is 4.63. The number of alkyl halides is 3. The molecule has 1 fully saturated rings. The summed E-state index contributed by atoms with van der Waals surface area (Å²) in [4.78, 5) is 27.8. The number of methoxy groups -OCH3 is 1. The number of carbonyl (C=O) groups is 2. The first-order chi connectivity index (χ1) is 12.6. The summed E-state index contributed by atoms with van der Waals surface area (Å²) in [6, 6.07) is 4.77. The summed E-state index contributed by atoms with van der Waals surface area (Å²) < 4.78 is 42.1. The Hall–Kier alpha value is -1.96. The van der Waals surface area contributed by atoms with Crippen LogP contribution in [0.25, 0.3) is 0 Å². The zero-order valence-corrected chi connectivity index (χ0v) is 15.9. The molecule has 0 aromatic heterocycles. The maximum absolute atomic E-state index is 12.7. The van der Waals surface area contributed by atoms with Gasteiger partial charge in [-0.05, 0) is 31.0 Å². The van der Waals surface area contributed by atoms with Crippen molar-refractivity contribution in [3.63, 3.8) is 0 Å².